The largest absolute Gasteiger partial charge is 0.705 e. The van der Waals surface area contributed by atoms with E-state index in [0.29, 0.717) is 18.8 Å². The van der Waals surface area contributed by atoms with Gasteiger partial charge in [0, 0.05) is 39.2 Å². The fourth-order valence-electron chi connectivity index (χ4n) is 3.62. The number of fused-ring (bicyclic) bond motifs is 1. The van der Waals surface area contributed by atoms with Crippen molar-refractivity contribution in [3.63, 3.8) is 0 Å². The topological polar surface area (TPSA) is 107 Å². The van der Waals surface area contributed by atoms with Crippen LogP contribution in [0.15, 0.2) is 18.2 Å². The van der Waals surface area contributed by atoms with Crippen LogP contribution in [0.5, 0.6) is 11.5 Å². The van der Waals surface area contributed by atoms with Gasteiger partial charge in [-0.2, -0.15) is 0 Å². The molecule has 1 aromatic rings. The van der Waals surface area contributed by atoms with E-state index in [4.69, 9.17) is 27.5 Å². The van der Waals surface area contributed by atoms with E-state index in [1.807, 2.05) is 25.1 Å². The quantitative estimate of drug-likeness (QED) is 0.340. The van der Waals surface area contributed by atoms with E-state index in [1.54, 1.807) is 0 Å². The molecular weight excluding hydrogens is 448 g/mol. The lowest BCUT2D eigenvalue weighted by molar-refractivity contribution is -0.223. The zero-order chi connectivity index (χ0) is 24.6. The average Bonchev–Trinajstić information content (AvgIpc) is 2.70. The van der Waals surface area contributed by atoms with Gasteiger partial charge in [0.1, 0.15) is 11.5 Å². The maximum absolute atomic E-state index is 11.5. The Bertz CT molecular complexity index is 816. The van der Waals surface area contributed by atoms with Crippen LogP contribution in [0.2, 0.25) is 6.04 Å². The fraction of sp³-hybridized carbons (Fsp3) is 0.609. The number of benzene rings is 1. The van der Waals surface area contributed by atoms with E-state index >= 15 is 0 Å². The van der Waals surface area contributed by atoms with Crippen LogP contribution in [-0.4, -0.2) is 39.1 Å². The predicted octanol–water partition coefficient (Wildman–Crippen LogP) is 4.15. The molecule has 2 atom stereocenters. The molecule has 0 bridgehead atoms. The summed E-state index contributed by atoms with van der Waals surface area (Å²) in [4.78, 5) is 34.5. The summed E-state index contributed by atoms with van der Waals surface area (Å²) in [6.45, 7) is 10.4. The molecule has 2 rings (SSSR count). The molecule has 2 unspecified atom stereocenters. The molecule has 1 aliphatic rings. The van der Waals surface area contributed by atoms with Crippen LogP contribution in [0, 0.1) is 5.92 Å². The average molecular weight is 483 g/mol. The van der Waals surface area contributed by atoms with Gasteiger partial charge in [-0.3, -0.25) is 14.4 Å². The van der Waals surface area contributed by atoms with Gasteiger partial charge in [-0.1, -0.05) is 20.3 Å². The number of ether oxygens (including phenoxy) is 3. The molecule has 0 aromatic heterocycles. The maximum Gasteiger partial charge on any atom is 0.705 e. The third-order valence-electron chi connectivity index (χ3n) is 5.27. The second-order valence-corrected chi connectivity index (χ2v) is 10.8. The Morgan fingerprint density at radius 3 is 2.24 bits per heavy atom. The van der Waals surface area contributed by atoms with Gasteiger partial charge in [0.25, 0.3) is 17.9 Å². The van der Waals surface area contributed by atoms with E-state index in [9.17, 15) is 14.4 Å². The molecule has 184 valence electrons. The Balaban J connectivity index is 1.99. The van der Waals surface area contributed by atoms with E-state index in [-0.39, 0.29) is 18.6 Å². The molecule has 0 saturated heterocycles. The summed E-state index contributed by atoms with van der Waals surface area (Å²) in [6.07, 6.45) is 2.39. The molecule has 1 heterocycles. The Labute approximate surface area is 196 Å². The first kappa shape index (κ1) is 26.7. The van der Waals surface area contributed by atoms with Gasteiger partial charge in [-0.15, -0.1) is 0 Å². The molecule has 0 N–H and O–H groups in total. The summed E-state index contributed by atoms with van der Waals surface area (Å²) in [5, 5.41) is 0. The van der Waals surface area contributed by atoms with Crippen molar-refractivity contribution < 1.29 is 41.9 Å². The van der Waals surface area contributed by atoms with E-state index in [1.165, 1.54) is 0 Å². The summed E-state index contributed by atoms with van der Waals surface area (Å²) < 4.78 is 33.5. The lowest BCUT2D eigenvalue weighted by Gasteiger charge is -2.40. The van der Waals surface area contributed by atoms with Crippen LogP contribution in [-0.2, 0) is 39.0 Å². The predicted molar refractivity (Wildman–Crippen MR) is 120 cm³/mol. The highest BCUT2D eigenvalue weighted by Gasteiger charge is 2.51. The maximum atomic E-state index is 11.5. The van der Waals surface area contributed by atoms with Crippen LogP contribution < -0.4 is 9.47 Å². The van der Waals surface area contributed by atoms with Crippen molar-refractivity contribution in [3.05, 3.63) is 23.8 Å². The summed E-state index contributed by atoms with van der Waals surface area (Å²) >= 11 is 0. The van der Waals surface area contributed by atoms with E-state index in [2.05, 4.69) is 13.8 Å². The standard InChI is InChI=1S/C23H34O9Si/c1-7-9-16(2)23(6)28-15-20-14-21(10-11-22(20)29-23)27-12-8-13-33(30-17(3)24,31-18(4)25)32-19(5)26/h10-11,14,16H,7-9,12-13,15H2,1-6H3. The molecular formula is C23H34O9Si. The Kier molecular flexibility index (Phi) is 9.30. The summed E-state index contributed by atoms with van der Waals surface area (Å²) in [6, 6.07) is 5.58. The van der Waals surface area contributed by atoms with Gasteiger partial charge < -0.3 is 27.5 Å². The second kappa shape index (κ2) is 11.5. The Morgan fingerprint density at radius 2 is 1.70 bits per heavy atom. The fourth-order valence-corrected chi connectivity index (χ4v) is 5.94. The van der Waals surface area contributed by atoms with Gasteiger partial charge >= 0.3 is 8.80 Å². The van der Waals surface area contributed by atoms with Crippen molar-refractivity contribution in [2.24, 2.45) is 5.92 Å². The van der Waals surface area contributed by atoms with Crippen molar-refractivity contribution in [2.75, 3.05) is 6.61 Å². The third-order valence-corrected chi connectivity index (χ3v) is 8.03. The van der Waals surface area contributed by atoms with Crippen molar-refractivity contribution in [1.29, 1.82) is 0 Å². The lowest BCUT2D eigenvalue weighted by Crippen LogP contribution is -2.49. The molecule has 0 spiro atoms. The molecule has 9 nitrogen and oxygen atoms in total. The highest BCUT2D eigenvalue weighted by molar-refractivity contribution is 6.65. The molecule has 0 radical (unpaired) electrons. The number of hydrogen-bond donors (Lipinski definition) is 0. The molecule has 0 saturated carbocycles. The van der Waals surface area contributed by atoms with Gasteiger partial charge in [0.05, 0.1) is 19.3 Å². The van der Waals surface area contributed by atoms with Crippen LogP contribution in [0.1, 0.15) is 66.4 Å². The number of rotatable bonds is 11. The number of carbonyl (C=O) groups is 3. The van der Waals surface area contributed by atoms with Crippen molar-refractivity contribution in [2.45, 2.75) is 79.2 Å². The number of hydrogen-bond acceptors (Lipinski definition) is 9. The van der Waals surface area contributed by atoms with Crippen molar-refractivity contribution >= 4 is 26.7 Å². The monoisotopic (exact) mass is 482 g/mol. The molecule has 1 aromatic carbocycles. The van der Waals surface area contributed by atoms with Crippen molar-refractivity contribution in [3.8, 4) is 11.5 Å². The van der Waals surface area contributed by atoms with Crippen LogP contribution in [0.3, 0.4) is 0 Å². The minimum atomic E-state index is -3.85. The first-order valence-corrected chi connectivity index (χ1v) is 13.1. The first-order chi connectivity index (χ1) is 15.5. The minimum absolute atomic E-state index is 0.0522. The second-order valence-electron chi connectivity index (χ2n) is 8.28. The van der Waals surface area contributed by atoms with Gasteiger partial charge in [-0.05, 0) is 31.0 Å². The first-order valence-electron chi connectivity index (χ1n) is 11.2. The highest BCUT2D eigenvalue weighted by Crippen LogP contribution is 2.38. The molecule has 0 amide bonds. The van der Waals surface area contributed by atoms with Gasteiger partial charge in [0.15, 0.2) is 0 Å². The smallest absolute Gasteiger partial charge is 0.494 e. The SMILES string of the molecule is CCCC(C)C1(C)OCc2cc(OCCC[Si](OC(C)=O)(OC(C)=O)OC(C)=O)ccc2O1. The van der Waals surface area contributed by atoms with E-state index < -0.39 is 32.5 Å². The zero-order valence-electron chi connectivity index (χ0n) is 20.2. The molecule has 1 aliphatic heterocycles. The molecule has 0 aliphatic carbocycles. The zero-order valence-corrected chi connectivity index (χ0v) is 21.2. The number of carbonyl (C=O) groups excluding carboxylic acids is 3. The molecule has 10 heteroatoms. The minimum Gasteiger partial charge on any atom is -0.494 e. The Morgan fingerprint density at radius 1 is 1.09 bits per heavy atom. The van der Waals surface area contributed by atoms with Crippen LogP contribution >= 0.6 is 0 Å². The van der Waals surface area contributed by atoms with Gasteiger partial charge in [0.2, 0.25) is 5.79 Å². The third kappa shape index (κ3) is 7.74. The van der Waals surface area contributed by atoms with Crippen LogP contribution in [0.25, 0.3) is 0 Å². The van der Waals surface area contributed by atoms with Gasteiger partial charge in [-0.25, -0.2) is 0 Å². The molecule has 0 fully saturated rings. The summed E-state index contributed by atoms with van der Waals surface area (Å²) in [5.41, 5.74) is 0.886. The summed E-state index contributed by atoms with van der Waals surface area (Å²) in [5.74, 6) is -1.11. The normalized spacial score (nSPS) is 18.4. The Hall–Kier alpha value is -2.59. The lowest BCUT2D eigenvalue weighted by atomic mass is 9.95. The highest BCUT2D eigenvalue weighted by atomic mass is 28.4. The summed E-state index contributed by atoms with van der Waals surface area (Å²) in [7, 11) is -3.85. The molecule has 33 heavy (non-hydrogen) atoms. The van der Waals surface area contributed by atoms with Crippen LogP contribution in [0.4, 0.5) is 0 Å². The van der Waals surface area contributed by atoms with Crippen molar-refractivity contribution in [1.82, 2.24) is 0 Å². The van der Waals surface area contributed by atoms with E-state index in [0.717, 1.165) is 44.9 Å².